The molecular formula is C11H12N2OS. The van der Waals surface area contributed by atoms with Gasteiger partial charge in [-0.15, -0.1) is 0 Å². The Morgan fingerprint density at radius 3 is 3.07 bits per heavy atom. The molecule has 2 heterocycles. The van der Waals surface area contributed by atoms with E-state index < -0.39 is 0 Å². The van der Waals surface area contributed by atoms with Crippen LogP contribution in [0.4, 0.5) is 0 Å². The lowest BCUT2D eigenvalue weighted by Gasteiger charge is -2.09. The van der Waals surface area contributed by atoms with Crippen LogP contribution in [-0.4, -0.2) is 17.8 Å². The molecule has 0 radical (unpaired) electrons. The number of hydrogen-bond donors (Lipinski definition) is 0. The van der Waals surface area contributed by atoms with Crippen LogP contribution in [0.25, 0.3) is 0 Å². The van der Waals surface area contributed by atoms with Gasteiger partial charge in [-0.05, 0) is 30.7 Å². The summed E-state index contributed by atoms with van der Waals surface area (Å²) < 4.78 is 5.09. The van der Waals surface area contributed by atoms with Crippen LogP contribution in [0.3, 0.4) is 0 Å². The van der Waals surface area contributed by atoms with Crippen LogP contribution in [0, 0.1) is 11.3 Å². The summed E-state index contributed by atoms with van der Waals surface area (Å²) in [6.07, 6.45) is 2.42. The Balaban J connectivity index is 2.30. The van der Waals surface area contributed by atoms with E-state index in [-0.39, 0.29) is 0 Å². The van der Waals surface area contributed by atoms with Crippen molar-refractivity contribution in [2.45, 2.75) is 18.1 Å². The van der Waals surface area contributed by atoms with Crippen molar-refractivity contribution < 1.29 is 4.74 Å². The van der Waals surface area contributed by atoms with Crippen molar-refractivity contribution in [1.29, 1.82) is 5.26 Å². The number of aromatic nitrogens is 1. The second-order valence-electron chi connectivity index (χ2n) is 3.41. The van der Waals surface area contributed by atoms with Crippen molar-refractivity contribution in [3.8, 4) is 11.9 Å². The third-order valence-corrected chi connectivity index (χ3v) is 3.86. The van der Waals surface area contributed by atoms with Crippen LogP contribution in [0.15, 0.2) is 12.1 Å². The molecule has 0 amide bonds. The van der Waals surface area contributed by atoms with Gasteiger partial charge in [-0.2, -0.15) is 17.0 Å². The van der Waals surface area contributed by atoms with Crippen LogP contribution in [0.2, 0.25) is 0 Å². The van der Waals surface area contributed by atoms with Gasteiger partial charge in [-0.25, -0.2) is 4.98 Å². The largest absolute Gasteiger partial charge is 0.480 e. The highest BCUT2D eigenvalue weighted by molar-refractivity contribution is 7.99. The van der Waals surface area contributed by atoms with Gasteiger partial charge in [0.15, 0.2) is 0 Å². The normalized spacial score (nSPS) is 19.9. The summed E-state index contributed by atoms with van der Waals surface area (Å²) in [5, 5.41) is 9.31. The highest BCUT2D eigenvalue weighted by Crippen LogP contribution is 2.39. The monoisotopic (exact) mass is 220 g/mol. The maximum Gasteiger partial charge on any atom is 0.231 e. The molecule has 1 aliphatic rings. The second kappa shape index (κ2) is 4.54. The Kier molecular flexibility index (Phi) is 3.12. The predicted molar refractivity (Wildman–Crippen MR) is 59.9 cm³/mol. The molecule has 1 aromatic heterocycles. The van der Waals surface area contributed by atoms with E-state index in [0.717, 1.165) is 5.69 Å². The van der Waals surface area contributed by atoms with E-state index in [4.69, 9.17) is 10.00 Å². The number of nitrogens with zero attached hydrogens (tertiary/aromatic N) is 2. The third-order valence-electron chi connectivity index (χ3n) is 2.46. The maximum atomic E-state index is 8.83. The molecule has 1 saturated heterocycles. The molecule has 0 aromatic carbocycles. The Morgan fingerprint density at radius 2 is 2.47 bits per heavy atom. The maximum absolute atomic E-state index is 8.83. The molecule has 0 N–H and O–H groups in total. The van der Waals surface area contributed by atoms with E-state index in [9.17, 15) is 0 Å². The van der Waals surface area contributed by atoms with Gasteiger partial charge in [-0.1, -0.05) is 0 Å². The van der Waals surface area contributed by atoms with Gasteiger partial charge >= 0.3 is 0 Å². The Labute approximate surface area is 93.5 Å². The van der Waals surface area contributed by atoms with Crippen molar-refractivity contribution >= 4 is 11.8 Å². The molecule has 1 fully saturated rings. The van der Waals surface area contributed by atoms with Gasteiger partial charge in [0.1, 0.15) is 11.6 Å². The van der Waals surface area contributed by atoms with Crippen LogP contribution >= 0.6 is 11.8 Å². The summed E-state index contributed by atoms with van der Waals surface area (Å²) >= 11 is 1.93. The fourth-order valence-electron chi connectivity index (χ4n) is 1.69. The van der Waals surface area contributed by atoms with Crippen LogP contribution in [-0.2, 0) is 0 Å². The molecule has 3 nitrogen and oxygen atoms in total. The molecule has 1 unspecified atom stereocenters. The lowest BCUT2D eigenvalue weighted by atomic mass is 10.1. The number of thioether (sulfide) groups is 1. The minimum Gasteiger partial charge on any atom is -0.480 e. The van der Waals surface area contributed by atoms with Gasteiger partial charge in [0.25, 0.3) is 0 Å². The fraction of sp³-hybridized carbons (Fsp3) is 0.455. The zero-order valence-electron chi connectivity index (χ0n) is 8.56. The van der Waals surface area contributed by atoms with Crippen LogP contribution in [0.1, 0.15) is 29.3 Å². The van der Waals surface area contributed by atoms with Gasteiger partial charge < -0.3 is 4.74 Å². The summed E-state index contributed by atoms with van der Waals surface area (Å²) in [4.78, 5) is 4.38. The molecule has 1 aliphatic heterocycles. The second-order valence-corrected chi connectivity index (χ2v) is 4.72. The van der Waals surface area contributed by atoms with Crippen molar-refractivity contribution in [1.82, 2.24) is 4.98 Å². The fourth-order valence-corrected chi connectivity index (χ4v) is 2.94. The number of hydrogen-bond acceptors (Lipinski definition) is 4. The van der Waals surface area contributed by atoms with Crippen molar-refractivity contribution in [3.63, 3.8) is 0 Å². The smallest absolute Gasteiger partial charge is 0.231 e. The molecule has 78 valence electrons. The van der Waals surface area contributed by atoms with Gasteiger partial charge in [0.05, 0.1) is 12.8 Å². The first-order valence-electron chi connectivity index (χ1n) is 4.92. The standard InChI is InChI=1S/C11H12N2OS/c1-14-11-8(7-12)4-5-9(13-11)10-3-2-6-15-10/h4-5,10H,2-3,6H2,1H3. The molecule has 0 spiro atoms. The van der Waals surface area contributed by atoms with Crippen LogP contribution in [0.5, 0.6) is 5.88 Å². The first kappa shape index (κ1) is 10.3. The molecule has 1 aromatic rings. The lowest BCUT2D eigenvalue weighted by molar-refractivity contribution is 0.394. The van der Waals surface area contributed by atoms with Crippen molar-refractivity contribution in [2.75, 3.05) is 12.9 Å². The molecule has 0 bridgehead atoms. The van der Waals surface area contributed by atoms with Crippen molar-refractivity contribution in [3.05, 3.63) is 23.4 Å². The third kappa shape index (κ3) is 2.07. The minimum atomic E-state index is 0.447. The topological polar surface area (TPSA) is 45.9 Å². The van der Waals surface area contributed by atoms with E-state index in [2.05, 4.69) is 11.1 Å². The zero-order valence-corrected chi connectivity index (χ0v) is 9.38. The summed E-state index contributed by atoms with van der Waals surface area (Å²) in [7, 11) is 1.55. The average molecular weight is 220 g/mol. The molecular weight excluding hydrogens is 208 g/mol. The van der Waals surface area contributed by atoms with Crippen LogP contribution < -0.4 is 4.74 Å². The van der Waals surface area contributed by atoms with E-state index in [1.807, 2.05) is 17.8 Å². The molecule has 2 rings (SSSR count). The van der Waals surface area contributed by atoms with Gasteiger partial charge in [0, 0.05) is 5.25 Å². The van der Waals surface area contributed by atoms with E-state index in [0.29, 0.717) is 16.7 Å². The summed E-state index contributed by atoms with van der Waals surface area (Å²) in [5.41, 5.74) is 1.54. The minimum absolute atomic E-state index is 0.447. The van der Waals surface area contributed by atoms with Gasteiger partial charge in [0.2, 0.25) is 5.88 Å². The quantitative estimate of drug-likeness (QED) is 0.768. The highest BCUT2D eigenvalue weighted by atomic mass is 32.2. The summed E-state index contributed by atoms with van der Waals surface area (Å²) in [5.74, 6) is 1.65. The Hall–Kier alpha value is -1.21. The number of nitriles is 1. The molecule has 15 heavy (non-hydrogen) atoms. The zero-order chi connectivity index (χ0) is 10.7. The number of pyridine rings is 1. The van der Waals surface area contributed by atoms with E-state index in [1.165, 1.54) is 18.6 Å². The Bertz CT molecular complexity index is 394. The lowest BCUT2D eigenvalue weighted by Crippen LogP contribution is -1.98. The molecule has 4 heteroatoms. The average Bonchev–Trinajstić information content (AvgIpc) is 2.81. The molecule has 1 atom stereocenters. The van der Waals surface area contributed by atoms with Crippen molar-refractivity contribution in [2.24, 2.45) is 0 Å². The van der Waals surface area contributed by atoms with Gasteiger partial charge in [-0.3, -0.25) is 0 Å². The SMILES string of the molecule is COc1nc(C2CCCS2)ccc1C#N. The predicted octanol–water partition coefficient (Wildman–Crippen LogP) is 2.53. The number of methoxy groups -OCH3 is 1. The molecule has 0 saturated carbocycles. The first-order chi connectivity index (χ1) is 7.35. The summed E-state index contributed by atoms with van der Waals surface area (Å²) in [6.45, 7) is 0. The first-order valence-corrected chi connectivity index (χ1v) is 5.96. The number of rotatable bonds is 2. The highest BCUT2D eigenvalue weighted by Gasteiger charge is 2.20. The number of ether oxygens (including phenoxy) is 1. The molecule has 0 aliphatic carbocycles. The Morgan fingerprint density at radius 1 is 1.60 bits per heavy atom. The summed E-state index contributed by atoms with van der Waals surface area (Å²) in [6, 6.07) is 5.80. The van der Waals surface area contributed by atoms with E-state index in [1.54, 1.807) is 13.2 Å². The van der Waals surface area contributed by atoms with E-state index >= 15 is 0 Å².